The largest absolute Gasteiger partial charge is 0.467 e. The van der Waals surface area contributed by atoms with Crippen molar-refractivity contribution >= 4 is 17.3 Å². The Morgan fingerprint density at radius 1 is 1.10 bits per heavy atom. The van der Waals surface area contributed by atoms with Gasteiger partial charge in [-0.3, -0.25) is 4.98 Å². The summed E-state index contributed by atoms with van der Waals surface area (Å²) in [4.78, 5) is 6.85. The minimum atomic E-state index is 0.0147. The summed E-state index contributed by atoms with van der Waals surface area (Å²) in [6.45, 7) is 0.640. The normalized spacial score (nSPS) is 22.8. The van der Waals surface area contributed by atoms with Crippen LogP contribution < -0.4 is 5.32 Å². The second-order valence-corrected chi connectivity index (χ2v) is 8.40. The van der Waals surface area contributed by atoms with Crippen LogP contribution in [-0.4, -0.2) is 19.6 Å². The van der Waals surface area contributed by atoms with E-state index < -0.39 is 0 Å². The Morgan fingerprint density at radius 2 is 2.00 bits per heavy atom. The first-order valence-corrected chi connectivity index (χ1v) is 10.9. The monoisotopic (exact) mass is 406 g/mol. The highest BCUT2D eigenvalue weighted by Gasteiger charge is 2.40. The van der Waals surface area contributed by atoms with Gasteiger partial charge in [0.2, 0.25) is 0 Å². The number of rotatable bonds is 5. The summed E-state index contributed by atoms with van der Waals surface area (Å²) >= 11 is 5.74. The van der Waals surface area contributed by atoms with Crippen molar-refractivity contribution in [3.05, 3.63) is 78.3 Å². The Hall–Kier alpha value is -2.60. The number of nitrogens with zero attached hydrogens (tertiary/aromatic N) is 3. The third-order valence-electron chi connectivity index (χ3n) is 6.18. The van der Waals surface area contributed by atoms with Gasteiger partial charge in [-0.2, -0.15) is 0 Å². The number of pyridine rings is 1. The Balaban J connectivity index is 1.49. The minimum absolute atomic E-state index is 0.0147. The Kier molecular flexibility index (Phi) is 5.10. The van der Waals surface area contributed by atoms with Crippen LogP contribution in [0.4, 0.5) is 0 Å². The lowest BCUT2D eigenvalue weighted by atomic mass is 9.95. The van der Waals surface area contributed by atoms with E-state index in [-0.39, 0.29) is 12.1 Å². The molecule has 0 bridgehead atoms. The van der Waals surface area contributed by atoms with E-state index in [0.29, 0.717) is 12.6 Å². The Morgan fingerprint density at radius 3 is 2.76 bits per heavy atom. The van der Waals surface area contributed by atoms with Gasteiger partial charge in [-0.1, -0.05) is 25.3 Å². The van der Waals surface area contributed by atoms with Gasteiger partial charge in [-0.15, -0.1) is 0 Å². The molecule has 0 amide bonds. The summed E-state index contributed by atoms with van der Waals surface area (Å²) < 4.78 is 8.03. The van der Waals surface area contributed by atoms with Gasteiger partial charge in [0.1, 0.15) is 5.76 Å². The topological polar surface area (TPSA) is 46.2 Å². The van der Waals surface area contributed by atoms with E-state index in [1.165, 1.54) is 37.7 Å². The van der Waals surface area contributed by atoms with E-state index in [1.54, 1.807) is 6.26 Å². The smallest absolute Gasteiger partial charge is 0.170 e. The van der Waals surface area contributed by atoms with Gasteiger partial charge in [-0.25, -0.2) is 0 Å². The lowest BCUT2D eigenvalue weighted by Gasteiger charge is -2.27. The van der Waals surface area contributed by atoms with Crippen molar-refractivity contribution in [3.63, 3.8) is 0 Å². The van der Waals surface area contributed by atoms with Gasteiger partial charge >= 0.3 is 0 Å². The molecule has 0 aromatic carbocycles. The highest BCUT2D eigenvalue weighted by atomic mass is 32.1. The summed E-state index contributed by atoms with van der Waals surface area (Å²) in [6.07, 6.45) is 14.7. The van der Waals surface area contributed by atoms with Crippen molar-refractivity contribution in [1.29, 1.82) is 0 Å². The zero-order valence-electron chi connectivity index (χ0n) is 16.4. The molecule has 0 unspecified atom stereocenters. The third kappa shape index (κ3) is 3.69. The molecule has 1 saturated carbocycles. The van der Waals surface area contributed by atoms with Crippen LogP contribution >= 0.6 is 12.2 Å². The maximum absolute atomic E-state index is 5.74. The molecule has 29 heavy (non-hydrogen) atoms. The predicted molar refractivity (Wildman–Crippen MR) is 116 cm³/mol. The molecule has 3 aromatic rings. The second-order valence-electron chi connectivity index (χ2n) is 8.02. The molecule has 0 spiro atoms. The number of hydrogen-bond acceptors (Lipinski definition) is 3. The van der Waals surface area contributed by atoms with E-state index in [9.17, 15) is 0 Å². The average Bonchev–Trinajstić information content (AvgIpc) is 3.51. The van der Waals surface area contributed by atoms with Crippen molar-refractivity contribution in [2.24, 2.45) is 0 Å². The minimum Gasteiger partial charge on any atom is -0.467 e. The summed E-state index contributed by atoms with van der Waals surface area (Å²) in [5.41, 5.74) is 2.28. The van der Waals surface area contributed by atoms with Crippen LogP contribution in [0.1, 0.15) is 67.2 Å². The molecule has 2 atom stereocenters. The van der Waals surface area contributed by atoms with E-state index in [1.807, 2.05) is 30.5 Å². The lowest BCUT2D eigenvalue weighted by molar-refractivity contribution is 0.286. The predicted octanol–water partition coefficient (Wildman–Crippen LogP) is 5.15. The van der Waals surface area contributed by atoms with E-state index in [4.69, 9.17) is 16.6 Å². The highest BCUT2D eigenvalue weighted by molar-refractivity contribution is 7.80. The maximum Gasteiger partial charge on any atom is 0.170 e. The van der Waals surface area contributed by atoms with Gasteiger partial charge in [-0.05, 0) is 61.0 Å². The van der Waals surface area contributed by atoms with Crippen molar-refractivity contribution in [1.82, 2.24) is 19.8 Å². The average molecular weight is 407 g/mol. The van der Waals surface area contributed by atoms with Crippen LogP contribution in [0, 0.1) is 0 Å². The van der Waals surface area contributed by atoms with E-state index in [2.05, 4.69) is 44.3 Å². The van der Waals surface area contributed by atoms with Gasteiger partial charge < -0.3 is 19.2 Å². The van der Waals surface area contributed by atoms with Crippen molar-refractivity contribution < 1.29 is 4.42 Å². The lowest BCUT2D eigenvalue weighted by Crippen LogP contribution is -2.28. The zero-order chi connectivity index (χ0) is 19.6. The molecular formula is C23H26N4OS. The molecule has 3 aromatic heterocycles. The molecule has 5 nitrogen and oxygen atoms in total. The van der Waals surface area contributed by atoms with Crippen LogP contribution in [-0.2, 0) is 6.54 Å². The van der Waals surface area contributed by atoms with Crippen molar-refractivity contribution in [2.45, 2.75) is 56.8 Å². The molecule has 5 rings (SSSR count). The molecule has 6 heteroatoms. The van der Waals surface area contributed by atoms with Gasteiger partial charge in [0, 0.05) is 24.6 Å². The fourth-order valence-electron chi connectivity index (χ4n) is 4.72. The summed E-state index contributed by atoms with van der Waals surface area (Å²) in [6, 6.07) is 12.9. The number of nitrogens with one attached hydrogen (secondary N) is 1. The molecule has 1 aliphatic heterocycles. The third-order valence-corrected chi connectivity index (χ3v) is 6.53. The molecular weight excluding hydrogens is 380 g/mol. The SMILES string of the molecule is S=C1N[C@H](c2ccccn2)[C@@H](c2ccn(C3CCCCC3)c2)N1Cc1ccco1. The van der Waals surface area contributed by atoms with Crippen LogP contribution in [0.2, 0.25) is 0 Å². The van der Waals surface area contributed by atoms with Crippen LogP contribution in [0.15, 0.2) is 65.7 Å². The standard InChI is InChI=1S/C23H26N4OS/c29-23-25-21(20-10-4-5-12-24-20)22(27(23)16-19-9-6-14-28-19)17-11-13-26(15-17)18-7-2-1-3-8-18/h4-6,9-15,18,21-22H,1-3,7-8,16H2,(H,25,29)/t21-,22-/m1/s1. The molecule has 4 heterocycles. The second kappa shape index (κ2) is 8.03. The summed E-state index contributed by atoms with van der Waals surface area (Å²) in [5.74, 6) is 0.910. The number of hydrogen-bond donors (Lipinski definition) is 1. The van der Waals surface area contributed by atoms with Crippen molar-refractivity contribution in [3.8, 4) is 0 Å². The maximum atomic E-state index is 5.74. The fraction of sp³-hybridized carbons (Fsp3) is 0.391. The van der Waals surface area contributed by atoms with Gasteiger partial charge in [0.25, 0.3) is 0 Å². The molecule has 1 N–H and O–H groups in total. The van der Waals surface area contributed by atoms with Gasteiger partial charge in [0.05, 0.1) is 30.6 Å². The van der Waals surface area contributed by atoms with E-state index >= 15 is 0 Å². The van der Waals surface area contributed by atoms with Gasteiger partial charge in [0.15, 0.2) is 5.11 Å². The number of furan rings is 1. The first-order valence-electron chi connectivity index (χ1n) is 10.5. The number of thiocarbonyl (C=S) groups is 1. The zero-order valence-corrected chi connectivity index (χ0v) is 17.2. The first-order chi connectivity index (χ1) is 14.3. The van der Waals surface area contributed by atoms with Crippen LogP contribution in [0.3, 0.4) is 0 Å². The van der Waals surface area contributed by atoms with E-state index in [0.717, 1.165) is 16.6 Å². The molecule has 1 aliphatic carbocycles. The summed E-state index contributed by atoms with van der Waals surface area (Å²) in [5, 5.41) is 4.26. The van der Waals surface area contributed by atoms with Crippen molar-refractivity contribution in [2.75, 3.05) is 0 Å². The summed E-state index contributed by atoms with van der Waals surface area (Å²) in [7, 11) is 0. The Labute approximate surface area is 176 Å². The first kappa shape index (κ1) is 18.4. The molecule has 2 aliphatic rings. The molecule has 150 valence electrons. The fourth-order valence-corrected chi connectivity index (χ4v) is 5.03. The molecule has 1 saturated heterocycles. The molecule has 0 radical (unpaired) electrons. The van der Waals surface area contributed by atoms with Crippen LogP contribution in [0.5, 0.6) is 0 Å². The number of aromatic nitrogens is 2. The Bertz CT molecular complexity index is 946. The molecule has 2 fully saturated rings. The highest BCUT2D eigenvalue weighted by Crippen LogP contribution is 2.40. The quantitative estimate of drug-likeness (QED) is 0.594. The van der Waals surface area contributed by atoms with Crippen LogP contribution in [0.25, 0.3) is 0 Å².